The van der Waals surface area contributed by atoms with Crippen molar-refractivity contribution in [2.24, 2.45) is 0 Å². The molecule has 4 aromatic carbocycles. The number of aromatic nitrogens is 4. The molecule has 13 heteroatoms. The molecule has 0 N–H and O–H groups in total. The van der Waals surface area contributed by atoms with Crippen LogP contribution in [0.3, 0.4) is 0 Å². The maximum atomic E-state index is 10.3. The summed E-state index contributed by atoms with van der Waals surface area (Å²) in [6.45, 7) is 5.81. The SMILES string of the molecule is O=COC1CN(Cc2ccc(-c3noc(-c4ccc(-c5ccco5)cc4)n3)cc2)C1.O=COC1CN(Cc2ccc(-c3noc(-c4ccc(C5CCCC5)cc4)n3)cc2)C1. The van der Waals surface area contributed by atoms with Gasteiger partial charge in [-0.25, -0.2) is 0 Å². The van der Waals surface area contributed by atoms with Gasteiger partial charge in [0.2, 0.25) is 11.6 Å². The number of hydrogen-bond acceptors (Lipinski definition) is 13. The van der Waals surface area contributed by atoms with Gasteiger partial charge in [-0.2, -0.15) is 9.97 Å². The molecule has 0 amide bonds. The third kappa shape index (κ3) is 9.12. The first-order chi connectivity index (χ1) is 29.6. The van der Waals surface area contributed by atoms with Crippen molar-refractivity contribution < 1.29 is 32.5 Å². The van der Waals surface area contributed by atoms with E-state index < -0.39 is 0 Å². The van der Waals surface area contributed by atoms with Crippen molar-refractivity contribution in [1.29, 1.82) is 0 Å². The van der Waals surface area contributed by atoms with Crippen LogP contribution in [0, 0.1) is 0 Å². The van der Waals surface area contributed by atoms with Crippen LogP contribution in [0.4, 0.5) is 0 Å². The third-order valence-corrected chi connectivity index (χ3v) is 11.4. The Morgan fingerprint density at radius 1 is 0.567 bits per heavy atom. The highest BCUT2D eigenvalue weighted by Gasteiger charge is 2.29. The van der Waals surface area contributed by atoms with E-state index in [2.05, 4.69) is 78.6 Å². The number of rotatable bonds is 14. The molecule has 13 nitrogen and oxygen atoms in total. The van der Waals surface area contributed by atoms with Crippen LogP contribution < -0.4 is 0 Å². The van der Waals surface area contributed by atoms with Crippen molar-refractivity contribution in [2.75, 3.05) is 26.2 Å². The molecule has 5 heterocycles. The topological polar surface area (TPSA) is 150 Å². The van der Waals surface area contributed by atoms with Gasteiger partial charge in [-0.3, -0.25) is 19.4 Å². The van der Waals surface area contributed by atoms with E-state index in [4.69, 9.17) is 22.9 Å². The molecule has 3 aromatic heterocycles. The number of carbonyl (C=O) groups is 2. The zero-order valence-electron chi connectivity index (χ0n) is 33.0. The van der Waals surface area contributed by atoms with E-state index in [9.17, 15) is 9.59 Å². The van der Waals surface area contributed by atoms with E-state index >= 15 is 0 Å². The number of furan rings is 1. The first-order valence-electron chi connectivity index (χ1n) is 20.3. The lowest BCUT2D eigenvalue weighted by molar-refractivity contribution is -0.142. The normalized spacial score (nSPS) is 16.1. The maximum absolute atomic E-state index is 10.3. The minimum Gasteiger partial charge on any atom is -0.464 e. The number of hydrogen-bond donors (Lipinski definition) is 0. The molecule has 1 saturated carbocycles. The Morgan fingerprint density at radius 2 is 1.02 bits per heavy atom. The van der Waals surface area contributed by atoms with Crippen molar-refractivity contribution in [2.45, 2.75) is 56.9 Å². The highest BCUT2D eigenvalue weighted by molar-refractivity contribution is 5.65. The number of nitrogens with zero attached hydrogens (tertiary/aromatic N) is 6. The van der Waals surface area contributed by atoms with Crippen molar-refractivity contribution in [3.05, 3.63) is 132 Å². The van der Waals surface area contributed by atoms with Gasteiger partial charge in [0.1, 0.15) is 18.0 Å². The Hall–Kier alpha value is -6.70. The Balaban J connectivity index is 0.000000154. The summed E-state index contributed by atoms with van der Waals surface area (Å²) in [5.41, 5.74) is 8.43. The third-order valence-electron chi connectivity index (χ3n) is 11.4. The molecule has 3 fully saturated rings. The molecular weight excluding hydrogens is 761 g/mol. The van der Waals surface area contributed by atoms with Crippen LogP contribution in [-0.4, -0.2) is 81.4 Å². The molecule has 60 heavy (non-hydrogen) atoms. The maximum Gasteiger partial charge on any atom is 0.293 e. The molecule has 1 aliphatic carbocycles. The number of carbonyl (C=O) groups excluding carboxylic acids is 2. The minimum absolute atomic E-state index is 0.0210. The van der Waals surface area contributed by atoms with Gasteiger partial charge in [0, 0.05) is 67.1 Å². The smallest absolute Gasteiger partial charge is 0.293 e. The van der Waals surface area contributed by atoms with Gasteiger partial charge >= 0.3 is 0 Å². The molecule has 0 spiro atoms. The number of ether oxygens (including phenoxy) is 2. The van der Waals surface area contributed by atoms with E-state index in [0.29, 0.717) is 42.3 Å². The predicted molar refractivity (Wildman–Crippen MR) is 222 cm³/mol. The monoisotopic (exact) mass is 804 g/mol. The first-order valence-corrected chi connectivity index (χ1v) is 20.3. The Labute approximate surface area is 346 Å². The van der Waals surface area contributed by atoms with E-state index in [0.717, 1.165) is 72.8 Å². The fourth-order valence-electron chi connectivity index (χ4n) is 7.96. The highest BCUT2D eigenvalue weighted by atomic mass is 16.5. The van der Waals surface area contributed by atoms with Crippen LogP contribution in [0.25, 0.3) is 57.0 Å². The van der Waals surface area contributed by atoms with Crippen molar-refractivity contribution in [3.63, 3.8) is 0 Å². The molecule has 3 aliphatic rings. The standard InChI is InChI=1S/C24H25N3O3.C23H19N3O4/c28-16-29-22-14-27(15-22)13-17-5-7-20(8-6-17)23-25-24(30-26-23)21-11-9-19(10-12-21)18-3-1-2-4-18;27-15-29-20-13-26(14-20)12-16-3-5-18(6-4-16)22-24-23(30-25-22)19-9-7-17(8-10-19)21-2-1-11-28-21/h5-12,16,18,22H,1-4,13-15H2;1-11,15,20H,12-14H2. The second-order valence-electron chi connectivity index (χ2n) is 15.5. The molecule has 0 atom stereocenters. The molecule has 0 unspecified atom stereocenters. The lowest BCUT2D eigenvalue weighted by Gasteiger charge is -2.37. The van der Waals surface area contributed by atoms with Gasteiger partial charge in [0.25, 0.3) is 24.7 Å². The van der Waals surface area contributed by atoms with Crippen molar-refractivity contribution in [1.82, 2.24) is 30.1 Å². The highest BCUT2D eigenvalue weighted by Crippen LogP contribution is 2.35. The Morgan fingerprint density at radius 3 is 1.47 bits per heavy atom. The average Bonchev–Trinajstić information content (AvgIpc) is 4.12. The minimum atomic E-state index is 0.0210. The number of benzene rings is 4. The molecule has 304 valence electrons. The summed E-state index contributed by atoms with van der Waals surface area (Å²) in [4.78, 5) is 34.3. The predicted octanol–water partition coefficient (Wildman–Crippen LogP) is 8.44. The molecule has 2 saturated heterocycles. The van der Waals surface area contributed by atoms with Crippen LogP contribution in [0.15, 0.2) is 129 Å². The molecule has 7 aromatic rings. The molecule has 0 radical (unpaired) electrons. The van der Waals surface area contributed by atoms with Crippen LogP contribution in [0.2, 0.25) is 0 Å². The van der Waals surface area contributed by atoms with Crippen molar-refractivity contribution >= 4 is 12.9 Å². The zero-order valence-corrected chi connectivity index (χ0v) is 33.0. The molecule has 0 bridgehead atoms. The van der Waals surface area contributed by atoms with Crippen molar-refractivity contribution in [3.8, 4) is 57.0 Å². The Kier molecular flexibility index (Phi) is 11.7. The average molecular weight is 805 g/mol. The van der Waals surface area contributed by atoms with Gasteiger partial charge in [0.05, 0.1) is 6.26 Å². The summed E-state index contributed by atoms with van der Waals surface area (Å²) in [6.07, 6.45) is 6.98. The lowest BCUT2D eigenvalue weighted by Crippen LogP contribution is -2.51. The summed E-state index contributed by atoms with van der Waals surface area (Å²) in [5.74, 6) is 3.69. The second kappa shape index (κ2) is 18.1. The van der Waals surface area contributed by atoms with E-state index in [1.54, 1.807) is 6.26 Å². The summed E-state index contributed by atoms with van der Waals surface area (Å²) < 4.78 is 26.3. The number of likely N-dealkylation sites (tertiary alicyclic amines) is 2. The summed E-state index contributed by atoms with van der Waals surface area (Å²) in [7, 11) is 0. The summed E-state index contributed by atoms with van der Waals surface area (Å²) in [6, 6.07) is 36.4. The van der Waals surface area contributed by atoms with Gasteiger partial charge in [-0.05, 0) is 71.8 Å². The first kappa shape index (κ1) is 38.8. The van der Waals surface area contributed by atoms with Crippen LogP contribution in [0.5, 0.6) is 0 Å². The summed E-state index contributed by atoms with van der Waals surface area (Å²) in [5, 5.41) is 8.28. The quantitative estimate of drug-likeness (QED) is 0.0969. The van der Waals surface area contributed by atoms with E-state index in [1.165, 1.54) is 42.4 Å². The molecule has 10 rings (SSSR count). The fourth-order valence-corrected chi connectivity index (χ4v) is 7.96. The molecule has 2 aliphatic heterocycles. The lowest BCUT2D eigenvalue weighted by atomic mass is 9.97. The zero-order chi connectivity index (χ0) is 40.7. The van der Waals surface area contributed by atoms with Gasteiger partial charge < -0.3 is 22.9 Å². The van der Waals surface area contributed by atoms with Crippen LogP contribution in [0.1, 0.15) is 48.3 Å². The molecular formula is C47H44N6O7. The van der Waals surface area contributed by atoms with Gasteiger partial charge in [-0.15, -0.1) is 0 Å². The fraction of sp³-hybridized carbons (Fsp3) is 0.277. The van der Waals surface area contributed by atoms with Gasteiger partial charge in [-0.1, -0.05) is 96.0 Å². The van der Waals surface area contributed by atoms with Crippen LogP contribution in [-0.2, 0) is 32.2 Å². The van der Waals surface area contributed by atoms with Gasteiger partial charge in [0.15, 0.2) is 0 Å². The summed E-state index contributed by atoms with van der Waals surface area (Å²) >= 11 is 0. The van der Waals surface area contributed by atoms with E-state index in [-0.39, 0.29) is 12.2 Å². The second-order valence-corrected chi connectivity index (χ2v) is 15.5. The largest absolute Gasteiger partial charge is 0.464 e. The van der Waals surface area contributed by atoms with Crippen LogP contribution >= 0.6 is 0 Å². The Bertz CT molecular complexity index is 2450. The van der Waals surface area contributed by atoms with E-state index in [1.807, 2.05) is 60.7 Å².